The van der Waals surface area contributed by atoms with Gasteiger partial charge in [-0.05, 0) is 17.7 Å². The minimum Gasteiger partial charge on any atom is -0.350 e. The Morgan fingerprint density at radius 3 is 2.58 bits per heavy atom. The summed E-state index contributed by atoms with van der Waals surface area (Å²) in [7, 11) is 3.73. The van der Waals surface area contributed by atoms with E-state index in [9.17, 15) is 10.1 Å². The lowest BCUT2D eigenvalue weighted by Gasteiger charge is -2.19. The lowest BCUT2D eigenvalue weighted by molar-refractivity contribution is -0.384. The van der Waals surface area contributed by atoms with Gasteiger partial charge in [0.05, 0.1) is 23.0 Å². The van der Waals surface area contributed by atoms with E-state index in [1.807, 2.05) is 49.3 Å². The fraction of sp³-hybridized carbons (Fsp3) is 0.211. The summed E-state index contributed by atoms with van der Waals surface area (Å²) >= 11 is 0. The van der Waals surface area contributed by atoms with Gasteiger partial charge in [-0.25, -0.2) is 0 Å². The molecule has 1 aromatic heterocycles. The molecule has 3 aromatic rings. The molecule has 0 radical (unpaired) electrons. The molecule has 7 heteroatoms. The molecule has 2 aromatic carbocycles. The van der Waals surface area contributed by atoms with Crippen molar-refractivity contribution in [1.82, 2.24) is 9.78 Å². The van der Waals surface area contributed by atoms with E-state index in [0.717, 1.165) is 16.9 Å². The minimum atomic E-state index is -0.304. The Kier molecular flexibility index (Phi) is 3.84. The summed E-state index contributed by atoms with van der Waals surface area (Å²) in [6, 6.07) is 15.7. The van der Waals surface area contributed by atoms with Crippen molar-refractivity contribution in [3.8, 4) is 11.3 Å². The number of hydrogen-bond acceptors (Lipinski definition) is 5. The first-order valence-electron chi connectivity index (χ1n) is 8.35. The normalized spacial score (nSPS) is 13.2. The van der Waals surface area contributed by atoms with Crippen molar-refractivity contribution in [2.45, 2.75) is 6.54 Å². The van der Waals surface area contributed by atoms with Crippen LogP contribution in [0.15, 0.2) is 54.7 Å². The van der Waals surface area contributed by atoms with Crippen molar-refractivity contribution in [1.29, 1.82) is 0 Å². The highest BCUT2D eigenvalue weighted by atomic mass is 16.6. The number of nitro benzene ring substituents is 1. The fourth-order valence-corrected chi connectivity index (χ4v) is 3.52. The van der Waals surface area contributed by atoms with Crippen LogP contribution in [0.25, 0.3) is 11.3 Å². The van der Waals surface area contributed by atoms with Gasteiger partial charge >= 0.3 is 0 Å². The molecule has 1 aliphatic heterocycles. The number of nitro groups is 1. The maximum atomic E-state index is 11.7. The molecular formula is C19H19N5O2. The Bertz CT molecular complexity index is 967. The lowest BCUT2D eigenvalue weighted by Crippen LogP contribution is -2.27. The highest BCUT2D eigenvalue weighted by Gasteiger charge is 2.32. The van der Waals surface area contributed by atoms with Crippen LogP contribution in [0.1, 0.15) is 5.56 Å². The largest absolute Gasteiger partial charge is 0.350 e. The van der Waals surface area contributed by atoms with E-state index in [0.29, 0.717) is 18.9 Å². The Balaban J connectivity index is 1.83. The summed E-state index contributed by atoms with van der Waals surface area (Å²) in [5, 5.41) is 15.9. The zero-order valence-corrected chi connectivity index (χ0v) is 14.7. The molecule has 0 spiro atoms. The van der Waals surface area contributed by atoms with Gasteiger partial charge in [-0.1, -0.05) is 30.3 Å². The van der Waals surface area contributed by atoms with Crippen LogP contribution in [-0.2, 0) is 13.6 Å². The second kappa shape index (κ2) is 6.18. The first-order chi connectivity index (χ1) is 12.5. The number of aryl methyl sites for hydroxylation is 1. The SMILES string of the molecule is CN1CN(Cc2ccccc2)c2cc(-c3ccnn3C)cc([N+](=O)[O-])c21. The Hall–Kier alpha value is -3.35. The van der Waals surface area contributed by atoms with Crippen LogP contribution in [0, 0.1) is 10.1 Å². The molecular weight excluding hydrogens is 330 g/mol. The average molecular weight is 349 g/mol. The number of nitrogens with zero attached hydrogens (tertiary/aromatic N) is 5. The van der Waals surface area contributed by atoms with Crippen molar-refractivity contribution in [3.63, 3.8) is 0 Å². The zero-order chi connectivity index (χ0) is 18.3. The highest BCUT2D eigenvalue weighted by Crippen LogP contribution is 2.45. The second-order valence-corrected chi connectivity index (χ2v) is 6.48. The zero-order valence-electron chi connectivity index (χ0n) is 14.7. The number of rotatable bonds is 4. The maximum absolute atomic E-state index is 11.7. The fourth-order valence-electron chi connectivity index (χ4n) is 3.52. The smallest absolute Gasteiger partial charge is 0.295 e. The molecule has 0 bridgehead atoms. The number of aromatic nitrogens is 2. The molecule has 0 atom stereocenters. The maximum Gasteiger partial charge on any atom is 0.295 e. The van der Waals surface area contributed by atoms with Crippen molar-refractivity contribution in [2.24, 2.45) is 7.05 Å². The van der Waals surface area contributed by atoms with Gasteiger partial charge < -0.3 is 9.80 Å². The first-order valence-corrected chi connectivity index (χ1v) is 8.35. The molecule has 4 rings (SSSR count). The Morgan fingerprint density at radius 2 is 1.92 bits per heavy atom. The molecule has 0 saturated heterocycles. The van der Waals surface area contributed by atoms with Gasteiger partial charge in [0.25, 0.3) is 5.69 Å². The lowest BCUT2D eigenvalue weighted by atomic mass is 10.1. The number of anilines is 2. The van der Waals surface area contributed by atoms with Crippen molar-refractivity contribution in [3.05, 3.63) is 70.4 Å². The standard InChI is InChI=1S/C19H19N5O2/c1-21-13-23(12-14-6-4-3-5-7-14)17-10-15(16-8-9-20-22(16)2)11-18(19(17)21)24(25)26/h3-11H,12-13H2,1-2H3. The molecule has 2 heterocycles. The summed E-state index contributed by atoms with van der Waals surface area (Å²) < 4.78 is 1.73. The van der Waals surface area contributed by atoms with Gasteiger partial charge in [0.15, 0.2) is 0 Å². The van der Waals surface area contributed by atoms with Gasteiger partial charge in [0.1, 0.15) is 5.69 Å². The van der Waals surface area contributed by atoms with Gasteiger partial charge in [-0.2, -0.15) is 5.10 Å². The third-order valence-corrected chi connectivity index (χ3v) is 4.70. The van der Waals surface area contributed by atoms with E-state index in [1.54, 1.807) is 16.9 Å². The van der Waals surface area contributed by atoms with Gasteiger partial charge in [-0.15, -0.1) is 0 Å². The van der Waals surface area contributed by atoms with Crippen LogP contribution >= 0.6 is 0 Å². The minimum absolute atomic E-state index is 0.122. The Labute approximate surface area is 151 Å². The molecule has 0 saturated carbocycles. The van der Waals surface area contributed by atoms with Crippen molar-refractivity contribution < 1.29 is 4.92 Å². The van der Waals surface area contributed by atoms with Crippen LogP contribution < -0.4 is 9.80 Å². The Morgan fingerprint density at radius 1 is 1.15 bits per heavy atom. The molecule has 0 amide bonds. The molecule has 26 heavy (non-hydrogen) atoms. The van der Waals surface area contributed by atoms with Crippen LogP contribution in [0.2, 0.25) is 0 Å². The second-order valence-electron chi connectivity index (χ2n) is 6.48. The van der Waals surface area contributed by atoms with E-state index < -0.39 is 0 Å². The predicted octanol–water partition coefficient (Wildman–Crippen LogP) is 3.41. The molecule has 0 unspecified atom stereocenters. The van der Waals surface area contributed by atoms with Crippen LogP contribution in [0.3, 0.4) is 0 Å². The molecule has 132 valence electrons. The number of benzene rings is 2. The predicted molar refractivity (Wildman–Crippen MR) is 101 cm³/mol. The van der Waals surface area contributed by atoms with Gasteiger partial charge in [0.2, 0.25) is 0 Å². The summed E-state index contributed by atoms with van der Waals surface area (Å²) in [4.78, 5) is 15.5. The third-order valence-electron chi connectivity index (χ3n) is 4.70. The summed E-state index contributed by atoms with van der Waals surface area (Å²) in [6.07, 6.45) is 1.70. The molecule has 0 fully saturated rings. The summed E-state index contributed by atoms with van der Waals surface area (Å²) in [5.74, 6) is 0. The van der Waals surface area contributed by atoms with Crippen LogP contribution in [0.4, 0.5) is 17.1 Å². The van der Waals surface area contributed by atoms with E-state index in [1.165, 1.54) is 5.56 Å². The highest BCUT2D eigenvalue weighted by molar-refractivity contribution is 5.88. The van der Waals surface area contributed by atoms with Gasteiger partial charge in [-0.3, -0.25) is 14.8 Å². The quantitative estimate of drug-likeness (QED) is 0.533. The van der Waals surface area contributed by atoms with Gasteiger partial charge in [0, 0.05) is 38.5 Å². The molecule has 0 N–H and O–H groups in total. The van der Waals surface area contributed by atoms with Crippen molar-refractivity contribution >= 4 is 17.1 Å². The topological polar surface area (TPSA) is 67.4 Å². The van der Waals surface area contributed by atoms with Crippen LogP contribution in [-0.4, -0.2) is 28.4 Å². The molecule has 7 nitrogen and oxygen atoms in total. The first kappa shape index (κ1) is 16.1. The summed E-state index contributed by atoms with van der Waals surface area (Å²) in [5.41, 5.74) is 4.48. The van der Waals surface area contributed by atoms with Crippen LogP contribution in [0.5, 0.6) is 0 Å². The number of hydrogen-bond donors (Lipinski definition) is 0. The van der Waals surface area contributed by atoms with Crippen molar-refractivity contribution in [2.75, 3.05) is 23.5 Å². The van der Waals surface area contributed by atoms with E-state index in [2.05, 4.69) is 22.1 Å². The number of fused-ring (bicyclic) bond motifs is 1. The van der Waals surface area contributed by atoms with E-state index in [-0.39, 0.29) is 10.6 Å². The molecule has 1 aliphatic rings. The average Bonchev–Trinajstić information content (AvgIpc) is 3.19. The monoisotopic (exact) mass is 349 g/mol. The third kappa shape index (κ3) is 2.67. The van der Waals surface area contributed by atoms with E-state index >= 15 is 0 Å². The molecule has 0 aliphatic carbocycles. The van der Waals surface area contributed by atoms with E-state index in [4.69, 9.17) is 0 Å². The summed E-state index contributed by atoms with van der Waals surface area (Å²) in [6.45, 7) is 1.31.